The first-order valence-corrected chi connectivity index (χ1v) is 8.93. The van der Waals surface area contributed by atoms with Gasteiger partial charge in [0.05, 0.1) is 32.0 Å². The third-order valence-corrected chi connectivity index (χ3v) is 5.00. The van der Waals surface area contributed by atoms with Crippen molar-refractivity contribution in [1.29, 1.82) is 0 Å². The molecule has 6 heteroatoms. The molecule has 0 bridgehead atoms. The van der Waals surface area contributed by atoms with Gasteiger partial charge in [-0.25, -0.2) is 9.97 Å². The van der Waals surface area contributed by atoms with Gasteiger partial charge in [-0.3, -0.25) is 4.98 Å². The number of aromatic nitrogens is 3. The highest BCUT2D eigenvalue weighted by molar-refractivity contribution is 5.34. The van der Waals surface area contributed by atoms with Crippen molar-refractivity contribution in [2.24, 2.45) is 5.92 Å². The van der Waals surface area contributed by atoms with Gasteiger partial charge in [0.1, 0.15) is 0 Å². The number of anilines is 1. The molecule has 1 aliphatic heterocycles. The van der Waals surface area contributed by atoms with E-state index in [2.05, 4.69) is 19.9 Å². The third-order valence-electron chi connectivity index (χ3n) is 5.00. The molecule has 6 nitrogen and oxygen atoms in total. The average molecular weight is 340 g/mol. The Kier molecular flexibility index (Phi) is 4.90. The molecule has 2 aliphatic rings. The van der Waals surface area contributed by atoms with Crippen LogP contribution in [0.15, 0.2) is 36.9 Å². The molecule has 2 aromatic rings. The van der Waals surface area contributed by atoms with Crippen molar-refractivity contribution in [3.05, 3.63) is 48.0 Å². The van der Waals surface area contributed by atoms with E-state index < -0.39 is 0 Å². The lowest BCUT2D eigenvalue weighted by molar-refractivity contribution is 0.0200. The molecule has 3 heterocycles. The van der Waals surface area contributed by atoms with Crippen molar-refractivity contribution < 1.29 is 9.47 Å². The molecule has 2 aromatic heterocycles. The fraction of sp³-hybridized carbons (Fsp3) is 0.526. The van der Waals surface area contributed by atoms with Crippen LogP contribution in [-0.4, -0.2) is 46.9 Å². The minimum absolute atomic E-state index is 0.255. The fourth-order valence-electron chi connectivity index (χ4n) is 3.80. The van der Waals surface area contributed by atoms with Crippen LogP contribution in [0.4, 0.5) is 5.95 Å². The highest BCUT2D eigenvalue weighted by Crippen LogP contribution is 2.35. The predicted molar refractivity (Wildman–Crippen MR) is 94.3 cm³/mol. The number of nitrogens with zero attached hydrogens (tertiary/aromatic N) is 4. The smallest absolute Gasteiger partial charge is 0.225 e. The first kappa shape index (κ1) is 16.4. The van der Waals surface area contributed by atoms with Gasteiger partial charge in [-0.05, 0) is 42.9 Å². The Morgan fingerprint density at radius 1 is 1.24 bits per heavy atom. The molecule has 2 fully saturated rings. The molecule has 1 aliphatic carbocycles. The fourth-order valence-corrected chi connectivity index (χ4v) is 3.80. The molecule has 0 radical (unpaired) electrons. The first-order chi connectivity index (χ1) is 12.3. The lowest BCUT2D eigenvalue weighted by Crippen LogP contribution is -2.49. The van der Waals surface area contributed by atoms with Crippen LogP contribution in [0.25, 0.3) is 0 Å². The maximum Gasteiger partial charge on any atom is 0.225 e. The summed E-state index contributed by atoms with van der Waals surface area (Å²) < 4.78 is 11.9. The van der Waals surface area contributed by atoms with Gasteiger partial charge < -0.3 is 14.4 Å². The third kappa shape index (κ3) is 3.80. The lowest BCUT2D eigenvalue weighted by Gasteiger charge is -2.37. The van der Waals surface area contributed by atoms with Gasteiger partial charge in [-0.1, -0.05) is 6.07 Å². The van der Waals surface area contributed by atoms with Gasteiger partial charge in [0, 0.05) is 31.3 Å². The van der Waals surface area contributed by atoms with Crippen LogP contribution in [-0.2, 0) is 16.1 Å². The van der Waals surface area contributed by atoms with Gasteiger partial charge >= 0.3 is 0 Å². The highest BCUT2D eigenvalue weighted by Gasteiger charge is 2.42. The number of rotatable bonds is 5. The molecule has 1 unspecified atom stereocenters. The van der Waals surface area contributed by atoms with Crippen molar-refractivity contribution in [3.63, 3.8) is 0 Å². The number of hydrogen-bond acceptors (Lipinski definition) is 6. The zero-order chi connectivity index (χ0) is 17.1. The molecule has 3 atom stereocenters. The molecule has 0 aromatic carbocycles. The molecular weight excluding hydrogens is 316 g/mol. The SMILES string of the molecule is Cc1cnc(N2CCO[C@@H]3CC(COCc4cccnc4)C[C@H]32)nc1. The maximum absolute atomic E-state index is 6.01. The highest BCUT2D eigenvalue weighted by atomic mass is 16.5. The Hall–Kier alpha value is -2.05. The summed E-state index contributed by atoms with van der Waals surface area (Å²) in [5.41, 5.74) is 2.20. The van der Waals surface area contributed by atoms with E-state index in [1.54, 1.807) is 6.20 Å². The Morgan fingerprint density at radius 3 is 2.92 bits per heavy atom. The summed E-state index contributed by atoms with van der Waals surface area (Å²) in [4.78, 5) is 15.5. The number of morpholine rings is 1. The molecule has 0 spiro atoms. The van der Waals surface area contributed by atoms with Gasteiger partial charge in [0.15, 0.2) is 0 Å². The maximum atomic E-state index is 6.01. The van der Waals surface area contributed by atoms with Gasteiger partial charge in [0.2, 0.25) is 5.95 Å². The second-order valence-electron chi connectivity index (χ2n) is 6.94. The summed E-state index contributed by atoms with van der Waals surface area (Å²) in [7, 11) is 0. The van der Waals surface area contributed by atoms with E-state index in [9.17, 15) is 0 Å². The van der Waals surface area contributed by atoms with E-state index in [4.69, 9.17) is 9.47 Å². The predicted octanol–water partition coefficient (Wildman–Crippen LogP) is 2.38. The van der Waals surface area contributed by atoms with E-state index in [0.717, 1.165) is 49.7 Å². The van der Waals surface area contributed by atoms with E-state index in [-0.39, 0.29) is 6.10 Å². The summed E-state index contributed by atoms with van der Waals surface area (Å²) >= 11 is 0. The van der Waals surface area contributed by atoms with Crippen LogP contribution >= 0.6 is 0 Å². The lowest BCUT2D eigenvalue weighted by atomic mass is 10.1. The summed E-state index contributed by atoms with van der Waals surface area (Å²) in [6.07, 6.45) is 9.77. The number of fused-ring (bicyclic) bond motifs is 1. The van der Waals surface area contributed by atoms with Crippen LogP contribution in [0.5, 0.6) is 0 Å². The molecular formula is C19H24N4O2. The molecule has 0 N–H and O–H groups in total. The normalized spacial score (nSPS) is 25.8. The largest absolute Gasteiger partial charge is 0.376 e. The molecule has 1 saturated heterocycles. The van der Waals surface area contributed by atoms with Gasteiger partial charge in [0.25, 0.3) is 0 Å². The second-order valence-corrected chi connectivity index (χ2v) is 6.94. The quantitative estimate of drug-likeness (QED) is 0.833. The first-order valence-electron chi connectivity index (χ1n) is 8.93. The van der Waals surface area contributed by atoms with Crippen molar-refractivity contribution >= 4 is 5.95 Å². The van der Waals surface area contributed by atoms with E-state index in [1.807, 2.05) is 37.6 Å². The summed E-state index contributed by atoms with van der Waals surface area (Å²) in [5, 5.41) is 0. The molecule has 0 amide bonds. The van der Waals surface area contributed by atoms with Gasteiger partial charge in [-0.2, -0.15) is 0 Å². The minimum atomic E-state index is 0.255. The Morgan fingerprint density at radius 2 is 2.12 bits per heavy atom. The van der Waals surface area contributed by atoms with Crippen LogP contribution < -0.4 is 4.90 Å². The van der Waals surface area contributed by atoms with Gasteiger partial charge in [-0.15, -0.1) is 0 Å². The van der Waals surface area contributed by atoms with Crippen molar-refractivity contribution in [2.45, 2.75) is 38.5 Å². The van der Waals surface area contributed by atoms with E-state index >= 15 is 0 Å². The summed E-state index contributed by atoms with van der Waals surface area (Å²) in [6.45, 7) is 4.98. The molecule has 132 valence electrons. The zero-order valence-corrected chi connectivity index (χ0v) is 14.5. The second kappa shape index (κ2) is 7.45. The van der Waals surface area contributed by atoms with Crippen LogP contribution in [0, 0.1) is 12.8 Å². The monoisotopic (exact) mass is 340 g/mol. The topological polar surface area (TPSA) is 60.4 Å². The molecule has 1 saturated carbocycles. The van der Waals surface area contributed by atoms with Crippen molar-refractivity contribution in [1.82, 2.24) is 15.0 Å². The summed E-state index contributed by atoms with van der Waals surface area (Å²) in [6, 6.07) is 4.33. The summed E-state index contributed by atoms with van der Waals surface area (Å²) in [5.74, 6) is 1.33. The minimum Gasteiger partial charge on any atom is -0.376 e. The standard InChI is InChI=1S/C19H24N4O2/c1-14-9-21-19(22-10-14)23-5-6-25-18-8-16(7-17(18)23)13-24-12-15-3-2-4-20-11-15/h2-4,9-11,16-18H,5-8,12-13H2,1H3/t16?,17-,18-/m1/s1. The molecule has 4 rings (SSSR count). The van der Waals surface area contributed by atoms with Crippen LogP contribution in [0.1, 0.15) is 24.0 Å². The van der Waals surface area contributed by atoms with E-state index in [1.165, 1.54) is 0 Å². The van der Waals surface area contributed by atoms with Crippen LogP contribution in [0.2, 0.25) is 0 Å². The number of pyridine rings is 1. The Balaban J connectivity index is 1.35. The number of ether oxygens (including phenoxy) is 2. The van der Waals surface area contributed by atoms with Crippen molar-refractivity contribution in [2.75, 3.05) is 24.7 Å². The van der Waals surface area contributed by atoms with Crippen molar-refractivity contribution in [3.8, 4) is 0 Å². The Labute approximate surface area is 148 Å². The number of aryl methyl sites for hydroxylation is 1. The Bertz CT molecular complexity index is 680. The number of hydrogen-bond donors (Lipinski definition) is 0. The van der Waals surface area contributed by atoms with E-state index in [0.29, 0.717) is 18.6 Å². The zero-order valence-electron chi connectivity index (χ0n) is 14.5. The van der Waals surface area contributed by atoms with Crippen LogP contribution in [0.3, 0.4) is 0 Å². The average Bonchev–Trinajstić information content (AvgIpc) is 3.06. The molecule has 25 heavy (non-hydrogen) atoms.